The number of nitrogens with one attached hydrogen (secondary N) is 1. The smallest absolute Gasteiger partial charge is 0.309 e. The Labute approximate surface area is 85.0 Å². The molecule has 1 saturated heterocycles. The van der Waals surface area contributed by atoms with Crippen LogP contribution in [0.1, 0.15) is 26.7 Å². The Bertz CT molecular complexity index is 182. The highest BCUT2D eigenvalue weighted by Gasteiger charge is 2.27. The van der Waals surface area contributed by atoms with Crippen molar-refractivity contribution in [3.05, 3.63) is 0 Å². The second kappa shape index (κ2) is 5.98. The molecule has 0 spiro atoms. The average Bonchev–Trinajstić information content (AvgIpc) is 2.19. The number of esters is 1. The molecule has 0 amide bonds. The highest BCUT2D eigenvalue weighted by Crippen LogP contribution is 2.18. The predicted octanol–water partition coefficient (Wildman–Crippen LogP) is 0.912. The van der Waals surface area contributed by atoms with Crippen LogP contribution in [0.4, 0.5) is 0 Å². The van der Waals surface area contributed by atoms with Crippen molar-refractivity contribution in [2.45, 2.75) is 32.9 Å². The first-order valence-corrected chi connectivity index (χ1v) is 5.29. The molecular formula is C10H19NO3. The van der Waals surface area contributed by atoms with Crippen LogP contribution < -0.4 is 5.32 Å². The summed E-state index contributed by atoms with van der Waals surface area (Å²) in [5, 5.41) is 3.22. The molecule has 0 radical (unpaired) electrons. The van der Waals surface area contributed by atoms with Gasteiger partial charge in [0.15, 0.2) is 0 Å². The highest BCUT2D eigenvalue weighted by molar-refractivity contribution is 5.72. The van der Waals surface area contributed by atoms with Crippen molar-refractivity contribution in [1.29, 1.82) is 0 Å². The molecule has 1 aliphatic rings. The van der Waals surface area contributed by atoms with E-state index in [1.165, 1.54) is 0 Å². The highest BCUT2D eigenvalue weighted by atomic mass is 16.5. The number of carbonyl (C=O) groups is 1. The van der Waals surface area contributed by atoms with Crippen molar-refractivity contribution in [1.82, 2.24) is 5.32 Å². The van der Waals surface area contributed by atoms with E-state index in [2.05, 4.69) is 5.32 Å². The van der Waals surface area contributed by atoms with E-state index in [0.29, 0.717) is 13.2 Å². The van der Waals surface area contributed by atoms with Gasteiger partial charge >= 0.3 is 5.97 Å². The summed E-state index contributed by atoms with van der Waals surface area (Å²) in [7, 11) is 0. The lowest BCUT2D eigenvalue weighted by Gasteiger charge is -2.28. The van der Waals surface area contributed by atoms with E-state index in [0.717, 1.165) is 19.4 Å². The molecule has 0 aliphatic carbocycles. The topological polar surface area (TPSA) is 47.6 Å². The van der Waals surface area contributed by atoms with E-state index in [1.54, 1.807) is 0 Å². The van der Waals surface area contributed by atoms with E-state index in [4.69, 9.17) is 9.47 Å². The lowest BCUT2D eigenvalue weighted by molar-refractivity contribution is -0.151. The van der Waals surface area contributed by atoms with Crippen molar-refractivity contribution in [3.63, 3.8) is 0 Å². The first-order valence-electron chi connectivity index (χ1n) is 5.29. The summed E-state index contributed by atoms with van der Waals surface area (Å²) in [5.41, 5.74) is 0. The van der Waals surface area contributed by atoms with Gasteiger partial charge in [0.2, 0.25) is 0 Å². The molecule has 14 heavy (non-hydrogen) atoms. The fourth-order valence-electron chi connectivity index (χ4n) is 1.68. The molecule has 4 heteroatoms. The molecule has 2 unspecified atom stereocenters. The van der Waals surface area contributed by atoms with E-state index in [9.17, 15) is 4.79 Å². The fraction of sp³-hybridized carbons (Fsp3) is 0.900. The number of carbonyl (C=O) groups excluding carboxylic acids is 1. The maximum absolute atomic E-state index is 11.4. The summed E-state index contributed by atoms with van der Waals surface area (Å²) >= 11 is 0. The monoisotopic (exact) mass is 201 g/mol. The normalized spacial score (nSPS) is 27.3. The Kier molecular flexibility index (Phi) is 4.90. The molecular weight excluding hydrogens is 182 g/mol. The molecule has 1 fully saturated rings. The van der Waals surface area contributed by atoms with Crippen LogP contribution >= 0.6 is 0 Å². The third-order valence-corrected chi connectivity index (χ3v) is 2.35. The zero-order valence-corrected chi connectivity index (χ0v) is 8.91. The van der Waals surface area contributed by atoms with E-state index >= 15 is 0 Å². The largest absolute Gasteiger partial charge is 0.466 e. The van der Waals surface area contributed by atoms with Crippen LogP contribution in [0.3, 0.4) is 0 Å². The van der Waals surface area contributed by atoms with Gasteiger partial charge in [-0.15, -0.1) is 0 Å². The van der Waals surface area contributed by atoms with Gasteiger partial charge < -0.3 is 9.47 Å². The summed E-state index contributed by atoms with van der Waals surface area (Å²) in [6, 6.07) is 0. The standard InChI is InChI=1S/C10H19NO3/c1-3-13-9-7-8(5-6-11-9)10(12)14-4-2/h8-9,11H,3-7H2,1-2H3. The first kappa shape index (κ1) is 11.5. The molecule has 1 N–H and O–H groups in total. The van der Waals surface area contributed by atoms with Crippen LogP contribution in [0.25, 0.3) is 0 Å². The predicted molar refractivity (Wildman–Crippen MR) is 52.8 cm³/mol. The van der Waals surface area contributed by atoms with E-state index in [1.807, 2.05) is 13.8 Å². The van der Waals surface area contributed by atoms with Gasteiger partial charge in [-0.2, -0.15) is 0 Å². The minimum Gasteiger partial charge on any atom is -0.466 e. The van der Waals surface area contributed by atoms with Crippen molar-refractivity contribution in [2.24, 2.45) is 5.92 Å². The Hall–Kier alpha value is -0.610. The molecule has 4 nitrogen and oxygen atoms in total. The van der Waals surface area contributed by atoms with Gasteiger partial charge in [0, 0.05) is 13.0 Å². The lowest BCUT2D eigenvalue weighted by atomic mass is 9.97. The maximum atomic E-state index is 11.4. The number of rotatable bonds is 4. The number of hydrogen-bond acceptors (Lipinski definition) is 4. The third kappa shape index (κ3) is 3.27. The van der Waals surface area contributed by atoms with Gasteiger partial charge in [0.25, 0.3) is 0 Å². The molecule has 0 aromatic carbocycles. The van der Waals surface area contributed by atoms with Crippen molar-refractivity contribution in [2.75, 3.05) is 19.8 Å². The average molecular weight is 201 g/mol. The molecule has 0 bridgehead atoms. The van der Waals surface area contributed by atoms with Crippen LogP contribution in [0.5, 0.6) is 0 Å². The Morgan fingerprint density at radius 2 is 2.21 bits per heavy atom. The van der Waals surface area contributed by atoms with E-state index < -0.39 is 0 Å². The zero-order chi connectivity index (χ0) is 10.4. The summed E-state index contributed by atoms with van der Waals surface area (Å²) in [6.07, 6.45) is 1.60. The van der Waals surface area contributed by atoms with Crippen molar-refractivity contribution in [3.8, 4) is 0 Å². The SMILES string of the molecule is CCOC(=O)C1CCNC(OCC)C1. The van der Waals surface area contributed by atoms with Crippen LogP contribution in [0, 0.1) is 5.92 Å². The number of ether oxygens (including phenoxy) is 2. The van der Waals surface area contributed by atoms with Crippen LogP contribution in [-0.2, 0) is 14.3 Å². The third-order valence-electron chi connectivity index (χ3n) is 2.35. The molecule has 0 aromatic heterocycles. The van der Waals surface area contributed by atoms with Crippen LogP contribution in [0.15, 0.2) is 0 Å². The van der Waals surface area contributed by atoms with Crippen molar-refractivity contribution >= 4 is 5.97 Å². The van der Waals surface area contributed by atoms with Crippen LogP contribution in [-0.4, -0.2) is 32.0 Å². The van der Waals surface area contributed by atoms with Gasteiger partial charge in [0.05, 0.1) is 12.5 Å². The van der Waals surface area contributed by atoms with Gasteiger partial charge in [-0.05, 0) is 26.8 Å². The second-order valence-electron chi connectivity index (χ2n) is 3.37. The first-order chi connectivity index (χ1) is 6.77. The Morgan fingerprint density at radius 1 is 1.43 bits per heavy atom. The minimum absolute atomic E-state index is 0.00718. The fourth-order valence-corrected chi connectivity index (χ4v) is 1.68. The van der Waals surface area contributed by atoms with Gasteiger partial charge in [-0.3, -0.25) is 10.1 Å². The number of piperidine rings is 1. The molecule has 82 valence electrons. The number of hydrogen-bond donors (Lipinski definition) is 1. The summed E-state index contributed by atoms with van der Waals surface area (Å²) < 4.78 is 10.4. The van der Waals surface area contributed by atoms with Crippen molar-refractivity contribution < 1.29 is 14.3 Å². The maximum Gasteiger partial charge on any atom is 0.309 e. The molecule has 2 atom stereocenters. The van der Waals surface area contributed by atoms with E-state index in [-0.39, 0.29) is 18.1 Å². The summed E-state index contributed by atoms with van der Waals surface area (Å²) in [4.78, 5) is 11.4. The molecule has 1 heterocycles. The molecule has 0 saturated carbocycles. The molecule has 0 aromatic rings. The van der Waals surface area contributed by atoms with Crippen LogP contribution in [0.2, 0.25) is 0 Å². The second-order valence-corrected chi connectivity index (χ2v) is 3.37. The van der Waals surface area contributed by atoms with Gasteiger partial charge in [-0.1, -0.05) is 0 Å². The lowest BCUT2D eigenvalue weighted by Crippen LogP contribution is -2.42. The summed E-state index contributed by atoms with van der Waals surface area (Å²) in [6.45, 7) is 5.75. The van der Waals surface area contributed by atoms with Gasteiger partial charge in [-0.25, -0.2) is 0 Å². The Balaban J connectivity index is 2.35. The molecule has 1 aliphatic heterocycles. The quantitative estimate of drug-likeness (QED) is 0.687. The minimum atomic E-state index is -0.0845. The van der Waals surface area contributed by atoms with Gasteiger partial charge in [0.1, 0.15) is 6.23 Å². The molecule has 1 rings (SSSR count). The Morgan fingerprint density at radius 3 is 2.86 bits per heavy atom. The summed E-state index contributed by atoms with van der Waals surface area (Å²) in [5.74, 6) is -0.0774. The zero-order valence-electron chi connectivity index (χ0n) is 8.91.